The van der Waals surface area contributed by atoms with Crippen LogP contribution in [0, 0.1) is 5.82 Å². The Labute approximate surface area is 177 Å². The summed E-state index contributed by atoms with van der Waals surface area (Å²) in [5, 5.41) is 0. The maximum atomic E-state index is 14.4. The summed E-state index contributed by atoms with van der Waals surface area (Å²) in [6, 6.07) is 24.5. The molecule has 0 atom stereocenters. The van der Waals surface area contributed by atoms with Crippen molar-refractivity contribution in [2.75, 3.05) is 38.1 Å². The van der Waals surface area contributed by atoms with Gasteiger partial charge in [-0.2, -0.15) is 0 Å². The minimum Gasteiger partial charge on any atom is -0.322 e. The first kappa shape index (κ1) is 20.1. The minimum absolute atomic E-state index is 0.0865. The van der Waals surface area contributed by atoms with Gasteiger partial charge in [0, 0.05) is 37.4 Å². The van der Waals surface area contributed by atoms with Crippen LogP contribution in [0.25, 0.3) is 11.1 Å². The fraction of sp³-hybridized carbons (Fsp3) is 0.240. The Morgan fingerprint density at radius 1 is 0.867 bits per heavy atom. The van der Waals surface area contributed by atoms with Crippen molar-refractivity contribution >= 4 is 11.7 Å². The van der Waals surface area contributed by atoms with Gasteiger partial charge in [-0.3, -0.25) is 4.90 Å². The molecule has 0 bridgehead atoms. The Kier molecular flexibility index (Phi) is 6.10. The number of hydrogen-bond donors (Lipinski definition) is 0. The molecule has 4 rings (SSSR count). The summed E-state index contributed by atoms with van der Waals surface area (Å²) in [6.45, 7) is 3.20. The third-order valence-corrected chi connectivity index (χ3v) is 5.56. The van der Waals surface area contributed by atoms with E-state index in [2.05, 4.69) is 11.9 Å². The highest BCUT2D eigenvalue weighted by atomic mass is 19.1. The van der Waals surface area contributed by atoms with E-state index in [0.717, 1.165) is 29.9 Å². The van der Waals surface area contributed by atoms with E-state index in [1.807, 2.05) is 59.5 Å². The highest BCUT2D eigenvalue weighted by molar-refractivity contribution is 5.93. The van der Waals surface area contributed by atoms with Crippen molar-refractivity contribution in [3.05, 3.63) is 90.2 Å². The lowest BCUT2D eigenvalue weighted by atomic mass is 10.0. The van der Waals surface area contributed by atoms with Crippen LogP contribution >= 0.6 is 0 Å². The third kappa shape index (κ3) is 4.52. The molecule has 3 aromatic rings. The molecule has 3 aromatic carbocycles. The molecule has 0 aliphatic carbocycles. The van der Waals surface area contributed by atoms with Gasteiger partial charge in [-0.05, 0) is 36.4 Å². The van der Waals surface area contributed by atoms with Crippen LogP contribution in [-0.2, 0) is 6.54 Å². The quantitative estimate of drug-likeness (QED) is 0.622. The molecule has 0 radical (unpaired) electrons. The molecular weight excluding hydrogens is 377 g/mol. The number of piperazine rings is 1. The van der Waals surface area contributed by atoms with Gasteiger partial charge >= 0.3 is 6.03 Å². The number of halogens is 1. The molecule has 30 heavy (non-hydrogen) atoms. The largest absolute Gasteiger partial charge is 0.324 e. The van der Waals surface area contributed by atoms with Crippen LogP contribution in [0.5, 0.6) is 0 Å². The van der Waals surface area contributed by atoms with E-state index in [1.54, 1.807) is 23.1 Å². The summed E-state index contributed by atoms with van der Waals surface area (Å²) >= 11 is 0. The molecule has 1 fully saturated rings. The lowest BCUT2D eigenvalue weighted by Gasteiger charge is -2.36. The van der Waals surface area contributed by atoms with Crippen LogP contribution in [-0.4, -0.2) is 49.1 Å². The number of carbonyl (C=O) groups excluding carboxylic acids is 1. The predicted octanol–water partition coefficient (Wildman–Crippen LogP) is 4.87. The number of urea groups is 1. The molecule has 4 nitrogen and oxygen atoms in total. The van der Waals surface area contributed by atoms with Crippen LogP contribution in [0.1, 0.15) is 5.56 Å². The SMILES string of the molecule is CN1CCN(C(=O)N(Cc2ccccc2F)c2cccc(-c3ccccc3)c2)CC1. The fourth-order valence-electron chi connectivity index (χ4n) is 3.72. The van der Waals surface area contributed by atoms with Crippen LogP contribution in [0.4, 0.5) is 14.9 Å². The minimum atomic E-state index is -0.298. The maximum Gasteiger partial charge on any atom is 0.324 e. The van der Waals surface area contributed by atoms with Gasteiger partial charge in [-0.25, -0.2) is 9.18 Å². The lowest BCUT2D eigenvalue weighted by molar-refractivity contribution is 0.159. The third-order valence-electron chi connectivity index (χ3n) is 5.56. The maximum absolute atomic E-state index is 14.4. The van der Waals surface area contributed by atoms with Gasteiger partial charge in [0.1, 0.15) is 5.82 Å². The van der Waals surface area contributed by atoms with Crippen LogP contribution in [0.15, 0.2) is 78.9 Å². The highest BCUT2D eigenvalue weighted by Crippen LogP contribution is 2.27. The van der Waals surface area contributed by atoms with E-state index in [9.17, 15) is 9.18 Å². The molecule has 0 aromatic heterocycles. The highest BCUT2D eigenvalue weighted by Gasteiger charge is 2.26. The molecule has 1 aliphatic heterocycles. The normalized spacial score (nSPS) is 14.5. The molecule has 1 aliphatic rings. The Morgan fingerprint density at radius 2 is 1.53 bits per heavy atom. The number of rotatable bonds is 4. The Hall–Kier alpha value is -3.18. The Balaban J connectivity index is 1.68. The van der Waals surface area contributed by atoms with Crippen molar-refractivity contribution in [2.45, 2.75) is 6.54 Å². The number of carbonyl (C=O) groups is 1. The Morgan fingerprint density at radius 3 is 2.27 bits per heavy atom. The second-order valence-corrected chi connectivity index (χ2v) is 7.67. The van der Waals surface area contributed by atoms with E-state index in [0.29, 0.717) is 18.7 Å². The van der Waals surface area contributed by atoms with Crippen molar-refractivity contribution < 1.29 is 9.18 Å². The van der Waals surface area contributed by atoms with Gasteiger partial charge < -0.3 is 9.80 Å². The molecule has 2 amide bonds. The number of likely N-dealkylation sites (N-methyl/N-ethyl adjacent to an activating group) is 1. The standard InChI is InChI=1S/C25H26FN3O/c1-27-14-16-28(17-15-27)25(30)29(19-22-10-5-6-13-24(22)26)23-12-7-11-21(18-23)20-8-3-2-4-9-20/h2-13,18H,14-17,19H2,1H3. The number of amides is 2. The molecular formula is C25H26FN3O. The van der Waals surface area contributed by atoms with Gasteiger partial charge in [0.15, 0.2) is 0 Å². The number of anilines is 1. The van der Waals surface area contributed by atoms with E-state index < -0.39 is 0 Å². The monoisotopic (exact) mass is 403 g/mol. The summed E-state index contributed by atoms with van der Waals surface area (Å²) in [5.41, 5.74) is 3.38. The van der Waals surface area contributed by atoms with Crippen molar-refractivity contribution in [1.29, 1.82) is 0 Å². The van der Waals surface area contributed by atoms with E-state index in [4.69, 9.17) is 0 Å². The number of nitrogens with zero attached hydrogens (tertiary/aromatic N) is 3. The average Bonchev–Trinajstić information content (AvgIpc) is 2.79. The first-order valence-corrected chi connectivity index (χ1v) is 10.3. The smallest absolute Gasteiger partial charge is 0.322 e. The summed E-state index contributed by atoms with van der Waals surface area (Å²) < 4.78 is 14.4. The molecule has 0 spiro atoms. The summed E-state index contributed by atoms with van der Waals surface area (Å²) in [7, 11) is 2.06. The van der Waals surface area contributed by atoms with Crippen molar-refractivity contribution in [3.8, 4) is 11.1 Å². The van der Waals surface area contributed by atoms with Gasteiger partial charge in [-0.15, -0.1) is 0 Å². The molecule has 5 heteroatoms. The molecule has 0 saturated carbocycles. The second-order valence-electron chi connectivity index (χ2n) is 7.67. The van der Waals surface area contributed by atoms with Gasteiger partial charge in [-0.1, -0.05) is 60.7 Å². The van der Waals surface area contributed by atoms with Gasteiger partial charge in [0.2, 0.25) is 0 Å². The van der Waals surface area contributed by atoms with Crippen molar-refractivity contribution in [1.82, 2.24) is 9.80 Å². The molecule has 1 saturated heterocycles. The summed E-state index contributed by atoms with van der Waals surface area (Å²) in [6.07, 6.45) is 0. The number of benzene rings is 3. The van der Waals surface area contributed by atoms with Gasteiger partial charge in [0.05, 0.1) is 6.54 Å². The summed E-state index contributed by atoms with van der Waals surface area (Å²) in [4.78, 5) is 19.2. The zero-order valence-corrected chi connectivity index (χ0v) is 17.2. The molecule has 1 heterocycles. The lowest BCUT2D eigenvalue weighted by Crippen LogP contribution is -2.52. The molecule has 0 N–H and O–H groups in total. The van der Waals surface area contributed by atoms with Crippen molar-refractivity contribution in [2.24, 2.45) is 0 Å². The number of hydrogen-bond acceptors (Lipinski definition) is 2. The first-order chi connectivity index (χ1) is 14.6. The van der Waals surface area contributed by atoms with Crippen LogP contribution in [0.2, 0.25) is 0 Å². The van der Waals surface area contributed by atoms with Crippen molar-refractivity contribution in [3.63, 3.8) is 0 Å². The van der Waals surface area contributed by atoms with E-state index in [-0.39, 0.29) is 18.4 Å². The second kappa shape index (κ2) is 9.09. The summed E-state index contributed by atoms with van der Waals surface area (Å²) in [5.74, 6) is -0.298. The van der Waals surface area contributed by atoms with Gasteiger partial charge in [0.25, 0.3) is 0 Å². The molecule has 0 unspecified atom stereocenters. The van der Waals surface area contributed by atoms with Crippen LogP contribution < -0.4 is 4.90 Å². The predicted molar refractivity (Wildman–Crippen MR) is 119 cm³/mol. The topological polar surface area (TPSA) is 26.8 Å². The average molecular weight is 404 g/mol. The Bertz CT molecular complexity index is 1000. The molecule has 154 valence electrons. The van der Waals surface area contributed by atoms with Crippen LogP contribution in [0.3, 0.4) is 0 Å². The van der Waals surface area contributed by atoms with E-state index >= 15 is 0 Å². The zero-order chi connectivity index (χ0) is 20.9. The first-order valence-electron chi connectivity index (χ1n) is 10.3. The zero-order valence-electron chi connectivity index (χ0n) is 17.2. The van der Waals surface area contributed by atoms with E-state index in [1.165, 1.54) is 6.07 Å². The fourth-order valence-corrected chi connectivity index (χ4v) is 3.72.